The van der Waals surface area contributed by atoms with Crippen LogP contribution in [0.4, 0.5) is 0 Å². The van der Waals surface area contributed by atoms with Gasteiger partial charge in [0.2, 0.25) is 0 Å². The van der Waals surface area contributed by atoms with Crippen LogP contribution in [0.15, 0.2) is 24.3 Å². The summed E-state index contributed by atoms with van der Waals surface area (Å²) in [7, 11) is 0. The summed E-state index contributed by atoms with van der Waals surface area (Å²) in [5.74, 6) is 0.114. The van der Waals surface area contributed by atoms with E-state index in [2.05, 4.69) is 13.8 Å². The van der Waals surface area contributed by atoms with Crippen LogP contribution in [0.1, 0.15) is 65.2 Å². The van der Waals surface area contributed by atoms with E-state index < -0.39 is 6.10 Å². The van der Waals surface area contributed by atoms with Crippen LogP contribution in [0.5, 0.6) is 0 Å². The molecule has 18 heavy (non-hydrogen) atoms. The number of rotatable bonds is 11. The first-order valence-corrected chi connectivity index (χ1v) is 7.24. The largest absolute Gasteiger partial charge is 0.389 e. The van der Waals surface area contributed by atoms with Gasteiger partial charge in [-0.2, -0.15) is 0 Å². The maximum Gasteiger partial charge on any atom is 0.159 e. The minimum Gasteiger partial charge on any atom is -0.389 e. The standard InChI is InChI=1S/C16H28O2/c1-3-5-7-9-12-16(18)14-10-13-15(17)11-8-6-4-2/h9-10,12-13,15,17H,3-8,11,14H2,1-2H3. The van der Waals surface area contributed by atoms with Gasteiger partial charge >= 0.3 is 0 Å². The monoisotopic (exact) mass is 252 g/mol. The Morgan fingerprint density at radius 1 is 1.11 bits per heavy atom. The summed E-state index contributed by atoms with van der Waals surface area (Å²) < 4.78 is 0. The second-order valence-corrected chi connectivity index (χ2v) is 4.71. The Balaban J connectivity index is 3.66. The van der Waals surface area contributed by atoms with E-state index in [1.54, 1.807) is 18.2 Å². The number of aliphatic hydroxyl groups excluding tert-OH is 1. The van der Waals surface area contributed by atoms with Crippen LogP contribution >= 0.6 is 0 Å². The number of hydrogen-bond acceptors (Lipinski definition) is 2. The molecule has 0 spiro atoms. The molecule has 0 heterocycles. The first kappa shape index (κ1) is 17.1. The van der Waals surface area contributed by atoms with E-state index in [9.17, 15) is 9.90 Å². The van der Waals surface area contributed by atoms with E-state index in [0.29, 0.717) is 6.42 Å². The first-order valence-electron chi connectivity index (χ1n) is 7.24. The molecule has 1 atom stereocenters. The predicted octanol–water partition coefficient (Wildman–Crippen LogP) is 4.19. The minimum absolute atomic E-state index is 0.114. The quantitative estimate of drug-likeness (QED) is 0.340. The number of carbonyl (C=O) groups is 1. The third kappa shape index (κ3) is 11.6. The molecule has 2 nitrogen and oxygen atoms in total. The van der Waals surface area contributed by atoms with Crippen LogP contribution in [0.3, 0.4) is 0 Å². The highest BCUT2D eigenvalue weighted by Gasteiger charge is 1.98. The van der Waals surface area contributed by atoms with Gasteiger partial charge in [0.1, 0.15) is 0 Å². The zero-order valence-electron chi connectivity index (χ0n) is 11.9. The Labute approximate surface area is 112 Å². The molecule has 0 saturated carbocycles. The van der Waals surface area contributed by atoms with Gasteiger partial charge in [0.15, 0.2) is 5.78 Å². The predicted molar refractivity (Wildman–Crippen MR) is 77.6 cm³/mol. The van der Waals surface area contributed by atoms with Gasteiger partial charge in [0, 0.05) is 6.42 Å². The summed E-state index contributed by atoms with van der Waals surface area (Å²) in [6.07, 6.45) is 14.6. The molecule has 0 aromatic heterocycles. The smallest absolute Gasteiger partial charge is 0.159 e. The van der Waals surface area contributed by atoms with Crippen LogP contribution in [0.2, 0.25) is 0 Å². The van der Waals surface area contributed by atoms with Gasteiger partial charge in [-0.3, -0.25) is 4.79 Å². The lowest BCUT2D eigenvalue weighted by molar-refractivity contribution is -0.113. The first-order chi connectivity index (χ1) is 8.70. The lowest BCUT2D eigenvalue weighted by Crippen LogP contribution is -2.01. The molecule has 0 saturated heterocycles. The summed E-state index contributed by atoms with van der Waals surface area (Å²) in [6, 6.07) is 0. The van der Waals surface area contributed by atoms with Gasteiger partial charge in [0.05, 0.1) is 6.10 Å². The average molecular weight is 252 g/mol. The average Bonchev–Trinajstić information content (AvgIpc) is 2.35. The second-order valence-electron chi connectivity index (χ2n) is 4.71. The van der Waals surface area contributed by atoms with Crippen molar-refractivity contribution in [1.82, 2.24) is 0 Å². The van der Waals surface area contributed by atoms with Crippen molar-refractivity contribution < 1.29 is 9.90 Å². The van der Waals surface area contributed by atoms with Gasteiger partial charge in [0.25, 0.3) is 0 Å². The molecule has 0 fully saturated rings. The second kappa shape index (κ2) is 12.6. The molecule has 0 aliphatic heterocycles. The Bertz CT molecular complexity index is 254. The van der Waals surface area contributed by atoms with Crippen molar-refractivity contribution in [1.29, 1.82) is 0 Å². The molecule has 2 heteroatoms. The maximum absolute atomic E-state index is 11.4. The summed E-state index contributed by atoms with van der Waals surface area (Å²) in [5, 5.41) is 9.62. The number of unbranched alkanes of at least 4 members (excludes halogenated alkanes) is 4. The van der Waals surface area contributed by atoms with E-state index in [0.717, 1.165) is 44.9 Å². The third-order valence-electron chi connectivity index (χ3n) is 2.81. The lowest BCUT2D eigenvalue weighted by Gasteiger charge is -2.03. The van der Waals surface area contributed by atoms with E-state index in [1.807, 2.05) is 6.08 Å². The topological polar surface area (TPSA) is 37.3 Å². The molecule has 0 bridgehead atoms. The third-order valence-corrected chi connectivity index (χ3v) is 2.81. The van der Waals surface area contributed by atoms with Crippen LogP contribution in [0.25, 0.3) is 0 Å². The van der Waals surface area contributed by atoms with Crippen LogP contribution in [-0.2, 0) is 4.79 Å². The van der Waals surface area contributed by atoms with Crippen molar-refractivity contribution in [2.75, 3.05) is 0 Å². The highest BCUT2D eigenvalue weighted by atomic mass is 16.3. The zero-order valence-corrected chi connectivity index (χ0v) is 11.9. The number of allylic oxidation sites excluding steroid dienone is 3. The zero-order chi connectivity index (χ0) is 13.6. The number of ketones is 1. The molecule has 104 valence electrons. The Morgan fingerprint density at radius 2 is 1.83 bits per heavy atom. The highest BCUT2D eigenvalue weighted by molar-refractivity contribution is 5.90. The van der Waals surface area contributed by atoms with E-state index in [-0.39, 0.29) is 5.78 Å². The number of carbonyl (C=O) groups excluding carboxylic acids is 1. The van der Waals surface area contributed by atoms with Crippen LogP contribution in [-0.4, -0.2) is 17.0 Å². The molecule has 0 amide bonds. The molecule has 0 rings (SSSR count). The van der Waals surface area contributed by atoms with E-state index in [1.165, 1.54) is 0 Å². The van der Waals surface area contributed by atoms with Crippen LogP contribution < -0.4 is 0 Å². The van der Waals surface area contributed by atoms with Crippen molar-refractivity contribution in [3.63, 3.8) is 0 Å². The summed E-state index contributed by atoms with van der Waals surface area (Å²) in [6.45, 7) is 4.28. The molecule has 1 N–H and O–H groups in total. The van der Waals surface area contributed by atoms with Crippen molar-refractivity contribution in [3.05, 3.63) is 24.3 Å². The normalized spacial score (nSPS) is 13.5. The molecular weight excluding hydrogens is 224 g/mol. The fourth-order valence-electron chi connectivity index (χ4n) is 1.65. The lowest BCUT2D eigenvalue weighted by atomic mass is 10.1. The summed E-state index contributed by atoms with van der Waals surface area (Å²) >= 11 is 0. The molecule has 0 aromatic carbocycles. The highest BCUT2D eigenvalue weighted by Crippen LogP contribution is 2.05. The van der Waals surface area contributed by atoms with E-state index >= 15 is 0 Å². The van der Waals surface area contributed by atoms with Crippen molar-refractivity contribution in [3.8, 4) is 0 Å². The fourth-order valence-corrected chi connectivity index (χ4v) is 1.65. The summed E-state index contributed by atoms with van der Waals surface area (Å²) in [5.41, 5.74) is 0. The van der Waals surface area contributed by atoms with Gasteiger partial charge in [-0.1, -0.05) is 64.2 Å². The fraction of sp³-hybridized carbons (Fsp3) is 0.688. The Kier molecular flexibility index (Phi) is 11.9. The molecule has 1 unspecified atom stereocenters. The minimum atomic E-state index is -0.395. The van der Waals surface area contributed by atoms with Gasteiger partial charge < -0.3 is 5.11 Å². The molecule has 0 aliphatic carbocycles. The molecule has 0 aliphatic rings. The Hall–Kier alpha value is -0.890. The SMILES string of the molecule is CCCCC=CC(=O)CC=CC(O)CCCCC. The molecular formula is C16H28O2. The van der Waals surface area contributed by atoms with Crippen molar-refractivity contribution >= 4 is 5.78 Å². The van der Waals surface area contributed by atoms with E-state index in [4.69, 9.17) is 0 Å². The number of hydrogen-bond donors (Lipinski definition) is 1. The molecule has 0 radical (unpaired) electrons. The number of aliphatic hydroxyl groups is 1. The maximum atomic E-state index is 11.4. The Morgan fingerprint density at radius 3 is 2.50 bits per heavy atom. The van der Waals surface area contributed by atoms with Crippen molar-refractivity contribution in [2.24, 2.45) is 0 Å². The van der Waals surface area contributed by atoms with Crippen molar-refractivity contribution in [2.45, 2.75) is 71.3 Å². The van der Waals surface area contributed by atoms with Gasteiger partial charge in [-0.25, -0.2) is 0 Å². The van der Waals surface area contributed by atoms with Gasteiger partial charge in [-0.15, -0.1) is 0 Å². The summed E-state index contributed by atoms with van der Waals surface area (Å²) in [4.78, 5) is 11.4. The van der Waals surface area contributed by atoms with Crippen LogP contribution in [0, 0.1) is 0 Å². The van der Waals surface area contributed by atoms with Gasteiger partial charge in [-0.05, 0) is 18.9 Å². The molecule has 0 aromatic rings.